The SMILES string of the molecule is Fc1ccc2c(c1)CCC2NC1(C(F)(F)F)CC1. The molecule has 2 aliphatic rings. The van der Waals surface area contributed by atoms with Crippen LogP contribution in [0.2, 0.25) is 0 Å². The van der Waals surface area contributed by atoms with E-state index in [0.29, 0.717) is 12.8 Å². The van der Waals surface area contributed by atoms with Gasteiger partial charge in [0.1, 0.15) is 11.4 Å². The summed E-state index contributed by atoms with van der Waals surface area (Å²) in [5.41, 5.74) is -0.0643. The Morgan fingerprint density at radius 2 is 1.94 bits per heavy atom. The number of rotatable bonds is 2. The van der Waals surface area contributed by atoms with E-state index in [-0.39, 0.29) is 24.7 Å². The standard InChI is InChI=1S/C13H13F4N/c14-9-2-3-10-8(7-9)1-4-11(10)18-12(5-6-12)13(15,16)17/h2-3,7,11,18H,1,4-6H2. The lowest BCUT2D eigenvalue weighted by atomic mass is 10.1. The summed E-state index contributed by atoms with van der Waals surface area (Å²) in [6, 6.07) is 4.03. The second-order valence-corrected chi connectivity index (χ2v) is 5.16. The second-order valence-electron chi connectivity index (χ2n) is 5.16. The van der Waals surface area contributed by atoms with Gasteiger partial charge in [-0.3, -0.25) is 5.32 Å². The van der Waals surface area contributed by atoms with Gasteiger partial charge in [-0.1, -0.05) is 6.07 Å². The molecule has 5 heteroatoms. The van der Waals surface area contributed by atoms with Crippen molar-refractivity contribution in [3.05, 3.63) is 35.1 Å². The van der Waals surface area contributed by atoms with Gasteiger partial charge >= 0.3 is 6.18 Å². The molecule has 1 aromatic carbocycles. The lowest BCUT2D eigenvalue weighted by molar-refractivity contribution is -0.168. The molecule has 1 aromatic rings. The van der Waals surface area contributed by atoms with Crippen LogP contribution in [0.5, 0.6) is 0 Å². The first-order valence-corrected chi connectivity index (χ1v) is 6.04. The molecule has 18 heavy (non-hydrogen) atoms. The van der Waals surface area contributed by atoms with Gasteiger partial charge < -0.3 is 0 Å². The zero-order valence-electron chi connectivity index (χ0n) is 9.65. The van der Waals surface area contributed by atoms with Crippen LogP contribution < -0.4 is 5.32 Å². The monoisotopic (exact) mass is 259 g/mol. The molecule has 0 bridgehead atoms. The molecule has 1 unspecified atom stereocenters. The van der Waals surface area contributed by atoms with Crippen LogP contribution in [0.3, 0.4) is 0 Å². The average molecular weight is 259 g/mol. The Bertz CT molecular complexity index is 476. The van der Waals surface area contributed by atoms with E-state index in [2.05, 4.69) is 5.32 Å². The molecule has 98 valence electrons. The molecule has 2 aliphatic carbocycles. The molecule has 0 radical (unpaired) electrons. The molecule has 0 saturated heterocycles. The normalized spacial score (nSPS) is 25.0. The number of hydrogen-bond donors (Lipinski definition) is 1. The van der Waals surface area contributed by atoms with Crippen LogP contribution in [0.1, 0.15) is 36.4 Å². The van der Waals surface area contributed by atoms with Gasteiger partial charge in [-0.2, -0.15) is 13.2 Å². The van der Waals surface area contributed by atoms with E-state index in [9.17, 15) is 17.6 Å². The van der Waals surface area contributed by atoms with Crippen LogP contribution >= 0.6 is 0 Å². The number of aryl methyl sites for hydroxylation is 1. The maximum Gasteiger partial charge on any atom is 0.406 e. The molecule has 0 heterocycles. The highest BCUT2D eigenvalue weighted by Crippen LogP contribution is 2.51. The van der Waals surface area contributed by atoms with Crippen LogP contribution in [0.25, 0.3) is 0 Å². The summed E-state index contributed by atoms with van der Waals surface area (Å²) in [6.07, 6.45) is -2.67. The lowest BCUT2D eigenvalue weighted by Crippen LogP contribution is -2.46. The molecule has 1 saturated carbocycles. The summed E-state index contributed by atoms with van der Waals surface area (Å²) >= 11 is 0. The predicted octanol–water partition coefficient (Wildman–Crippen LogP) is 3.50. The van der Waals surface area contributed by atoms with Gasteiger partial charge in [-0.05, 0) is 48.9 Å². The minimum atomic E-state index is -4.20. The van der Waals surface area contributed by atoms with Crippen molar-refractivity contribution in [1.29, 1.82) is 0 Å². The third-order valence-electron chi connectivity index (χ3n) is 3.93. The van der Waals surface area contributed by atoms with E-state index in [1.165, 1.54) is 12.1 Å². The van der Waals surface area contributed by atoms with Gasteiger partial charge in [0.15, 0.2) is 0 Å². The maximum atomic E-state index is 13.0. The average Bonchev–Trinajstić information content (AvgIpc) is 2.96. The molecule has 1 N–H and O–H groups in total. The van der Waals surface area contributed by atoms with Crippen molar-refractivity contribution in [1.82, 2.24) is 5.32 Å². The van der Waals surface area contributed by atoms with Gasteiger partial charge in [0.2, 0.25) is 0 Å². The van der Waals surface area contributed by atoms with Crippen molar-refractivity contribution in [3.8, 4) is 0 Å². The van der Waals surface area contributed by atoms with Crippen molar-refractivity contribution >= 4 is 0 Å². The first-order chi connectivity index (χ1) is 8.41. The Hall–Kier alpha value is -1.10. The molecule has 3 rings (SSSR count). The Morgan fingerprint density at radius 1 is 1.22 bits per heavy atom. The molecular weight excluding hydrogens is 246 g/mol. The van der Waals surface area contributed by atoms with Crippen molar-refractivity contribution in [2.75, 3.05) is 0 Å². The second kappa shape index (κ2) is 3.70. The fraction of sp³-hybridized carbons (Fsp3) is 0.538. The number of fused-ring (bicyclic) bond motifs is 1. The highest BCUT2D eigenvalue weighted by molar-refractivity contribution is 5.35. The largest absolute Gasteiger partial charge is 0.406 e. The Labute approximate surface area is 102 Å². The lowest BCUT2D eigenvalue weighted by Gasteiger charge is -2.25. The Balaban J connectivity index is 1.82. The summed E-state index contributed by atoms with van der Waals surface area (Å²) in [5.74, 6) is -0.327. The summed E-state index contributed by atoms with van der Waals surface area (Å²) < 4.78 is 51.6. The highest BCUT2D eigenvalue weighted by atomic mass is 19.4. The van der Waals surface area contributed by atoms with Crippen molar-refractivity contribution in [2.45, 2.75) is 43.4 Å². The van der Waals surface area contributed by atoms with E-state index in [1.807, 2.05) is 0 Å². The van der Waals surface area contributed by atoms with Crippen LogP contribution in [0.4, 0.5) is 17.6 Å². The molecule has 0 spiro atoms. The van der Waals surface area contributed by atoms with Crippen molar-refractivity contribution < 1.29 is 17.6 Å². The zero-order valence-corrected chi connectivity index (χ0v) is 9.65. The van der Waals surface area contributed by atoms with Gasteiger partial charge in [0.05, 0.1) is 0 Å². The molecule has 1 fully saturated rings. The van der Waals surface area contributed by atoms with Crippen molar-refractivity contribution in [3.63, 3.8) is 0 Å². The topological polar surface area (TPSA) is 12.0 Å². The number of benzene rings is 1. The molecule has 0 amide bonds. The molecule has 1 nitrogen and oxygen atoms in total. The fourth-order valence-corrected chi connectivity index (χ4v) is 2.70. The third-order valence-corrected chi connectivity index (χ3v) is 3.93. The fourth-order valence-electron chi connectivity index (χ4n) is 2.70. The smallest absolute Gasteiger partial charge is 0.297 e. The summed E-state index contributed by atoms with van der Waals surface area (Å²) in [4.78, 5) is 0. The molecule has 1 atom stereocenters. The van der Waals surface area contributed by atoms with E-state index in [0.717, 1.165) is 11.1 Å². The first kappa shape index (κ1) is 12.0. The van der Waals surface area contributed by atoms with Gasteiger partial charge in [0.25, 0.3) is 0 Å². The van der Waals surface area contributed by atoms with Crippen LogP contribution in [0.15, 0.2) is 18.2 Å². The van der Waals surface area contributed by atoms with Crippen LogP contribution in [-0.2, 0) is 6.42 Å². The maximum absolute atomic E-state index is 13.0. The highest BCUT2D eigenvalue weighted by Gasteiger charge is 2.64. The van der Waals surface area contributed by atoms with E-state index >= 15 is 0 Å². The van der Waals surface area contributed by atoms with Crippen LogP contribution in [0, 0.1) is 5.82 Å². The van der Waals surface area contributed by atoms with E-state index in [1.54, 1.807) is 6.07 Å². The van der Waals surface area contributed by atoms with Gasteiger partial charge in [-0.15, -0.1) is 0 Å². The molecule has 0 aromatic heterocycles. The van der Waals surface area contributed by atoms with E-state index < -0.39 is 11.7 Å². The van der Waals surface area contributed by atoms with Gasteiger partial charge in [-0.25, -0.2) is 4.39 Å². The number of halogens is 4. The minimum absolute atomic E-state index is 0.142. The van der Waals surface area contributed by atoms with E-state index in [4.69, 9.17) is 0 Å². The third kappa shape index (κ3) is 1.81. The predicted molar refractivity (Wildman–Crippen MR) is 58.6 cm³/mol. The number of hydrogen-bond acceptors (Lipinski definition) is 1. The summed E-state index contributed by atoms with van der Waals surface area (Å²) in [5, 5.41) is 2.73. The Morgan fingerprint density at radius 3 is 2.56 bits per heavy atom. The quantitative estimate of drug-likeness (QED) is 0.801. The van der Waals surface area contributed by atoms with Crippen molar-refractivity contribution in [2.24, 2.45) is 0 Å². The Kier molecular flexibility index (Phi) is 2.46. The minimum Gasteiger partial charge on any atom is -0.297 e. The molecular formula is C13H13F4N. The zero-order chi connectivity index (χ0) is 13.0. The number of alkyl halides is 3. The first-order valence-electron chi connectivity index (χ1n) is 6.04. The van der Waals surface area contributed by atoms with Crippen LogP contribution in [-0.4, -0.2) is 11.7 Å². The summed E-state index contributed by atoms with van der Waals surface area (Å²) in [6.45, 7) is 0. The molecule has 0 aliphatic heterocycles. The van der Waals surface area contributed by atoms with Gasteiger partial charge in [0, 0.05) is 6.04 Å². The number of nitrogens with one attached hydrogen (secondary N) is 1. The summed E-state index contributed by atoms with van der Waals surface area (Å²) in [7, 11) is 0.